The number of methoxy groups -OCH3 is 2. The van der Waals surface area contributed by atoms with Gasteiger partial charge in [0.1, 0.15) is 5.75 Å². The second-order valence-electron chi connectivity index (χ2n) is 7.88. The van der Waals surface area contributed by atoms with Gasteiger partial charge in [0.15, 0.2) is 16.6 Å². The number of carbonyl (C=O) groups excluding carboxylic acids is 1. The zero-order chi connectivity index (χ0) is 24.5. The van der Waals surface area contributed by atoms with E-state index in [4.69, 9.17) is 19.2 Å². The summed E-state index contributed by atoms with van der Waals surface area (Å²) in [5.41, 5.74) is 1.36. The van der Waals surface area contributed by atoms with Crippen molar-refractivity contribution in [1.29, 1.82) is 0 Å². The van der Waals surface area contributed by atoms with Crippen molar-refractivity contribution in [2.45, 2.75) is 33.6 Å². The van der Waals surface area contributed by atoms with Gasteiger partial charge >= 0.3 is 0 Å². The fourth-order valence-corrected chi connectivity index (χ4v) is 4.63. The van der Waals surface area contributed by atoms with Crippen LogP contribution in [0.15, 0.2) is 36.4 Å². The maximum absolute atomic E-state index is 13.7. The van der Waals surface area contributed by atoms with Crippen LogP contribution in [0.4, 0.5) is 5.13 Å². The molecular weight excluding hydrogens is 486 g/mol. The van der Waals surface area contributed by atoms with Crippen LogP contribution in [-0.2, 0) is 0 Å². The molecule has 0 N–H and O–H groups in total. The van der Waals surface area contributed by atoms with Crippen LogP contribution in [0.5, 0.6) is 17.2 Å². The summed E-state index contributed by atoms with van der Waals surface area (Å²) < 4.78 is 17.6. The predicted octanol–water partition coefficient (Wildman–Crippen LogP) is 5.90. The van der Waals surface area contributed by atoms with Gasteiger partial charge in [0, 0.05) is 30.8 Å². The summed E-state index contributed by atoms with van der Waals surface area (Å²) >= 11 is 1.47. The van der Waals surface area contributed by atoms with Crippen molar-refractivity contribution < 1.29 is 19.0 Å². The standard InChI is InChI=1S/C26H35N3O4S.ClH/c1-6-9-15-33-20-12-10-11-19(16-20)25(30)29(14-13-28(7-2)8-3)26-27-21-17-22(31-4)23(32-5)18-24(21)34-26;/h10-12,16-18H,6-9,13-15H2,1-5H3;1H. The average Bonchev–Trinajstić information content (AvgIpc) is 3.28. The predicted molar refractivity (Wildman–Crippen MR) is 146 cm³/mol. The van der Waals surface area contributed by atoms with Crippen LogP contribution >= 0.6 is 23.7 Å². The first-order chi connectivity index (χ1) is 16.5. The summed E-state index contributed by atoms with van der Waals surface area (Å²) in [6.07, 6.45) is 2.04. The lowest BCUT2D eigenvalue weighted by Crippen LogP contribution is -2.38. The van der Waals surface area contributed by atoms with E-state index in [0.717, 1.165) is 42.7 Å². The number of halogens is 1. The number of amides is 1. The molecule has 0 unspecified atom stereocenters. The number of fused-ring (bicyclic) bond motifs is 1. The van der Waals surface area contributed by atoms with E-state index in [1.165, 1.54) is 11.3 Å². The van der Waals surface area contributed by atoms with Crippen molar-refractivity contribution in [2.75, 3.05) is 51.9 Å². The van der Waals surface area contributed by atoms with Crippen LogP contribution in [0.1, 0.15) is 44.0 Å². The van der Waals surface area contributed by atoms with Crippen molar-refractivity contribution in [3.05, 3.63) is 42.0 Å². The van der Waals surface area contributed by atoms with Gasteiger partial charge in [-0.3, -0.25) is 9.69 Å². The van der Waals surface area contributed by atoms with Crippen molar-refractivity contribution in [3.63, 3.8) is 0 Å². The molecule has 0 saturated heterocycles. The van der Waals surface area contributed by atoms with Gasteiger partial charge in [-0.1, -0.05) is 44.6 Å². The molecule has 0 aliphatic rings. The molecule has 0 spiro atoms. The molecule has 7 nitrogen and oxygen atoms in total. The topological polar surface area (TPSA) is 64.1 Å². The number of carbonyl (C=O) groups is 1. The van der Waals surface area contributed by atoms with Crippen molar-refractivity contribution in [2.24, 2.45) is 0 Å². The Hall–Kier alpha value is -2.55. The molecule has 1 heterocycles. The first-order valence-electron chi connectivity index (χ1n) is 11.8. The molecule has 3 rings (SSSR count). The van der Waals surface area contributed by atoms with E-state index in [2.05, 4.69) is 25.7 Å². The first kappa shape index (κ1) is 28.7. The van der Waals surface area contributed by atoms with Crippen LogP contribution in [0.2, 0.25) is 0 Å². The van der Waals surface area contributed by atoms with Crippen LogP contribution < -0.4 is 19.1 Å². The number of unbranched alkanes of at least 4 members (excludes halogenated alkanes) is 1. The minimum atomic E-state index is -0.0916. The number of nitrogens with zero attached hydrogens (tertiary/aromatic N) is 3. The molecule has 0 radical (unpaired) electrons. The summed E-state index contributed by atoms with van der Waals surface area (Å²) in [6.45, 7) is 10.2. The molecule has 0 bridgehead atoms. The van der Waals surface area contributed by atoms with Gasteiger partial charge in [-0.2, -0.15) is 0 Å². The van der Waals surface area contributed by atoms with E-state index in [0.29, 0.717) is 41.1 Å². The largest absolute Gasteiger partial charge is 0.494 e. The maximum atomic E-state index is 13.7. The third-order valence-corrected chi connectivity index (χ3v) is 6.78. The number of rotatable bonds is 13. The third kappa shape index (κ3) is 7.22. The fourth-order valence-electron chi connectivity index (χ4n) is 3.63. The van der Waals surface area contributed by atoms with Crippen LogP contribution in [0.3, 0.4) is 0 Å². The van der Waals surface area contributed by atoms with Gasteiger partial charge < -0.3 is 19.1 Å². The van der Waals surface area contributed by atoms with Gasteiger partial charge in [0.2, 0.25) is 0 Å². The van der Waals surface area contributed by atoms with Gasteiger partial charge in [-0.25, -0.2) is 4.98 Å². The summed E-state index contributed by atoms with van der Waals surface area (Å²) in [5.74, 6) is 1.88. The molecule has 0 fully saturated rings. The summed E-state index contributed by atoms with van der Waals surface area (Å²) in [7, 11) is 3.22. The molecular formula is C26H36ClN3O4S. The molecule has 3 aromatic rings. The molecule has 1 amide bonds. The van der Waals surface area contributed by atoms with Crippen molar-refractivity contribution >= 4 is 45.0 Å². The second kappa shape index (κ2) is 14.1. The van der Waals surface area contributed by atoms with E-state index in [1.807, 2.05) is 36.4 Å². The smallest absolute Gasteiger partial charge is 0.260 e. The Balaban J connectivity index is 0.00000432. The van der Waals surface area contributed by atoms with Gasteiger partial charge in [0.05, 0.1) is 31.0 Å². The summed E-state index contributed by atoms with van der Waals surface area (Å²) in [4.78, 5) is 22.6. The molecule has 0 atom stereocenters. The number of hydrogen-bond donors (Lipinski definition) is 0. The highest BCUT2D eigenvalue weighted by molar-refractivity contribution is 7.22. The Morgan fingerprint density at radius 1 is 1.00 bits per heavy atom. The molecule has 192 valence electrons. The Bertz CT molecular complexity index is 1050. The van der Waals surface area contributed by atoms with E-state index < -0.39 is 0 Å². The third-order valence-electron chi connectivity index (χ3n) is 5.74. The van der Waals surface area contributed by atoms with Crippen LogP contribution in [-0.4, -0.2) is 62.8 Å². The molecule has 9 heteroatoms. The summed E-state index contributed by atoms with van der Waals surface area (Å²) in [6, 6.07) is 11.2. The SMILES string of the molecule is CCCCOc1cccc(C(=O)N(CCN(CC)CC)c2nc3cc(OC)c(OC)cc3s2)c1.Cl. The lowest BCUT2D eigenvalue weighted by atomic mass is 10.2. The van der Waals surface area contributed by atoms with Crippen molar-refractivity contribution in [3.8, 4) is 17.2 Å². The number of aromatic nitrogens is 1. The van der Waals surface area contributed by atoms with Crippen molar-refractivity contribution in [1.82, 2.24) is 9.88 Å². The first-order valence-corrected chi connectivity index (χ1v) is 12.7. The highest BCUT2D eigenvalue weighted by atomic mass is 35.5. The molecule has 0 aliphatic heterocycles. The van der Waals surface area contributed by atoms with E-state index in [9.17, 15) is 4.79 Å². The lowest BCUT2D eigenvalue weighted by Gasteiger charge is -2.25. The Morgan fingerprint density at radius 2 is 1.71 bits per heavy atom. The van der Waals surface area contributed by atoms with E-state index in [1.54, 1.807) is 19.1 Å². The highest BCUT2D eigenvalue weighted by Gasteiger charge is 2.23. The number of anilines is 1. The Kier molecular flexibility index (Phi) is 11.6. The zero-order valence-corrected chi connectivity index (χ0v) is 22.8. The quantitative estimate of drug-likeness (QED) is 0.261. The molecule has 0 saturated carbocycles. The number of benzene rings is 2. The maximum Gasteiger partial charge on any atom is 0.260 e. The van der Waals surface area contributed by atoms with Gasteiger partial charge in [0.25, 0.3) is 5.91 Å². The van der Waals surface area contributed by atoms with E-state index >= 15 is 0 Å². The van der Waals surface area contributed by atoms with E-state index in [-0.39, 0.29) is 18.3 Å². The van der Waals surface area contributed by atoms with Crippen LogP contribution in [0, 0.1) is 0 Å². The van der Waals surface area contributed by atoms with Crippen LogP contribution in [0.25, 0.3) is 10.2 Å². The lowest BCUT2D eigenvalue weighted by molar-refractivity contribution is 0.0983. The summed E-state index contributed by atoms with van der Waals surface area (Å²) in [5, 5.41) is 0.653. The monoisotopic (exact) mass is 521 g/mol. The highest BCUT2D eigenvalue weighted by Crippen LogP contribution is 2.37. The number of ether oxygens (including phenoxy) is 3. The fraction of sp³-hybridized carbons (Fsp3) is 0.462. The van der Waals surface area contributed by atoms with Gasteiger partial charge in [-0.05, 0) is 37.7 Å². The normalized spacial score (nSPS) is 10.8. The minimum Gasteiger partial charge on any atom is -0.494 e. The number of thiazole rings is 1. The minimum absolute atomic E-state index is 0. The molecule has 2 aromatic carbocycles. The number of hydrogen-bond acceptors (Lipinski definition) is 7. The van der Waals surface area contributed by atoms with Gasteiger partial charge in [-0.15, -0.1) is 12.4 Å². The average molecular weight is 522 g/mol. The number of likely N-dealkylation sites (N-methyl/N-ethyl adjacent to an activating group) is 1. The molecule has 1 aromatic heterocycles. The molecule has 0 aliphatic carbocycles. The molecule has 35 heavy (non-hydrogen) atoms. The zero-order valence-electron chi connectivity index (χ0n) is 21.2. The second-order valence-corrected chi connectivity index (χ2v) is 8.89. The Labute approximate surface area is 218 Å². The Morgan fingerprint density at radius 3 is 2.37 bits per heavy atom.